The Morgan fingerprint density at radius 3 is 2.50 bits per heavy atom. The van der Waals surface area contributed by atoms with Crippen LogP contribution in [0.15, 0.2) is 22.7 Å². The summed E-state index contributed by atoms with van der Waals surface area (Å²) in [5.41, 5.74) is 2.02. The van der Waals surface area contributed by atoms with E-state index < -0.39 is 0 Å². The van der Waals surface area contributed by atoms with Crippen LogP contribution in [-0.2, 0) is 6.54 Å². The summed E-state index contributed by atoms with van der Waals surface area (Å²) in [6, 6.07) is 5.89. The molecule has 0 saturated carbocycles. The first-order chi connectivity index (χ1) is 8.56. The lowest BCUT2D eigenvalue weighted by atomic mass is 10.1. The van der Waals surface area contributed by atoms with Crippen molar-refractivity contribution in [2.75, 3.05) is 33.2 Å². The maximum Gasteiger partial charge on any atom is 0.159 e. The van der Waals surface area contributed by atoms with Gasteiger partial charge in [-0.3, -0.25) is 9.69 Å². The van der Waals surface area contributed by atoms with Gasteiger partial charge in [0.1, 0.15) is 0 Å². The SMILES string of the molecule is CC(=O)c1ccc(CN2CCN(C)CC2)c(Br)c1. The molecule has 0 bridgehead atoms. The van der Waals surface area contributed by atoms with E-state index in [2.05, 4.69) is 38.8 Å². The average molecular weight is 311 g/mol. The van der Waals surface area contributed by atoms with E-state index >= 15 is 0 Å². The number of hydrogen-bond acceptors (Lipinski definition) is 3. The molecule has 1 saturated heterocycles. The molecule has 0 atom stereocenters. The predicted molar refractivity (Wildman–Crippen MR) is 76.9 cm³/mol. The number of piperazine rings is 1. The number of benzene rings is 1. The van der Waals surface area contributed by atoms with Gasteiger partial charge in [0.15, 0.2) is 5.78 Å². The molecule has 0 N–H and O–H groups in total. The molecule has 1 aromatic rings. The highest BCUT2D eigenvalue weighted by molar-refractivity contribution is 9.10. The van der Waals surface area contributed by atoms with E-state index in [1.165, 1.54) is 5.56 Å². The molecule has 4 heteroatoms. The first kappa shape index (κ1) is 13.7. The highest BCUT2D eigenvalue weighted by atomic mass is 79.9. The summed E-state index contributed by atoms with van der Waals surface area (Å²) in [6.07, 6.45) is 0. The number of carbonyl (C=O) groups is 1. The van der Waals surface area contributed by atoms with E-state index in [1.807, 2.05) is 12.1 Å². The van der Waals surface area contributed by atoms with Gasteiger partial charge in [-0.15, -0.1) is 0 Å². The third-order valence-corrected chi connectivity index (χ3v) is 4.19. The molecule has 3 nitrogen and oxygen atoms in total. The molecule has 0 spiro atoms. The van der Waals surface area contributed by atoms with Crippen LogP contribution in [0.5, 0.6) is 0 Å². The van der Waals surface area contributed by atoms with Crippen LogP contribution < -0.4 is 0 Å². The van der Waals surface area contributed by atoms with Crippen molar-refractivity contribution in [1.29, 1.82) is 0 Å². The third-order valence-electron chi connectivity index (χ3n) is 3.45. The van der Waals surface area contributed by atoms with Gasteiger partial charge in [-0.25, -0.2) is 0 Å². The molecule has 0 unspecified atom stereocenters. The van der Waals surface area contributed by atoms with Crippen LogP contribution in [0.25, 0.3) is 0 Å². The topological polar surface area (TPSA) is 23.6 Å². The first-order valence-corrected chi connectivity index (χ1v) is 7.06. The van der Waals surface area contributed by atoms with E-state index in [4.69, 9.17) is 0 Å². The van der Waals surface area contributed by atoms with Crippen molar-refractivity contribution in [2.45, 2.75) is 13.5 Å². The highest BCUT2D eigenvalue weighted by Crippen LogP contribution is 2.21. The number of carbonyl (C=O) groups excluding carboxylic acids is 1. The standard InChI is InChI=1S/C14H19BrN2O/c1-11(18)12-3-4-13(14(15)9-12)10-17-7-5-16(2)6-8-17/h3-4,9H,5-8,10H2,1-2H3. The van der Waals surface area contributed by atoms with Crippen molar-refractivity contribution in [2.24, 2.45) is 0 Å². The minimum atomic E-state index is 0.113. The molecule has 0 aliphatic carbocycles. The second kappa shape index (κ2) is 5.95. The summed E-state index contributed by atoms with van der Waals surface area (Å²) in [4.78, 5) is 16.1. The zero-order valence-electron chi connectivity index (χ0n) is 10.9. The molecule has 0 amide bonds. The Labute approximate surface area is 117 Å². The van der Waals surface area contributed by atoms with Gasteiger partial charge in [0.2, 0.25) is 0 Å². The fourth-order valence-electron chi connectivity index (χ4n) is 2.14. The molecule has 2 rings (SSSR count). The maximum atomic E-state index is 11.3. The van der Waals surface area contributed by atoms with E-state index in [9.17, 15) is 4.79 Å². The molecule has 18 heavy (non-hydrogen) atoms. The normalized spacial score (nSPS) is 17.9. The van der Waals surface area contributed by atoms with Crippen LogP contribution in [0, 0.1) is 0 Å². The molecule has 1 aromatic carbocycles. The van der Waals surface area contributed by atoms with Gasteiger partial charge in [0.05, 0.1) is 0 Å². The van der Waals surface area contributed by atoms with Crippen molar-refractivity contribution >= 4 is 21.7 Å². The minimum absolute atomic E-state index is 0.113. The van der Waals surface area contributed by atoms with Gasteiger partial charge in [-0.1, -0.05) is 28.1 Å². The summed E-state index contributed by atoms with van der Waals surface area (Å²) in [5, 5.41) is 0. The maximum absolute atomic E-state index is 11.3. The van der Waals surface area contributed by atoms with Gasteiger partial charge < -0.3 is 4.90 Å². The Morgan fingerprint density at radius 1 is 1.28 bits per heavy atom. The molecule has 0 radical (unpaired) electrons. The lowest BCUT2D eigenvalue weighted by Gasteiger charge is -2.32. The van der Waals surface area contributed by atoms with Gasteiger partial charge in [-0.05, 0) is 25.6 Å². The fourth-order valence-corrected chi connectivity index (χ4v) is 2.65. The fraction of sp³-hybridized carbons (Fsp3) is 0.500. The van der Waals surface area contributed by atoms with Crippen LogP contribution in [0.2, 0.25) is 0 Å². The van der Waals surface area contributed by atoms with Gasteiger partial charge >= 0.3 is 0 Å². The number of nitrogens with zero attached hydrogens (tertiary/aromatic N) is 2. The number of likely N-dealkylation sites (N-methyl/N-ethyl adjacent to an activating group) is 1. The zero-order valence-corrected chi connectivity index (χ0v) is 12.5. The van der Waals surface area contributed by atoms with Crippen molar-refractivity contribution in [3.8, 4) is 0 Å². The first-order valence-electron chi connectivity index (χ1n) is 6.26. The third kappa shape index (κ3) is 3.40. The van der Waals surface area contributed by atoms with Crippen molar-refractivity contribution in [3.63, 3.8) is 0 Å². The Bertz CT molecular complexity index is 439. The molecule has 1 aliphatic heterocycles. The number of hydrogen-bond donors (Lipinski definition) is 0. The highest BCUT2D eigenvalue weighted by Gasteiger charge is 2.15. The molecule has 1 fully saturated rings. The summed E-state index contributed by atoms with van der Waals surface area (Å²) in [5.74, 6) is 0.113. The second-order valence-corrected chi connectivity index (χ2v) is 5.80. The lowest BCUT2D eigenvalue weighted by Crippen LogP contribution is -2.43. The van der Waals surface area contributed by atoms with Crippen molar-refractivity contribution < 1.29 is 4.79 Å². The Kier molecular flexibility index (Phi) is 4.54. The van der Waals surface area contributed by atoms with Crippen molar-refractivity contribution in [1.82, 2.24) is 9.80 Å². The molecular formula is C14H19BrN2O. The van der Waals surface area contributed by atoms with Crippen LogP contribution in [-0.4, -0.2) is 48.8 Å². The van der Waals surface area contributed by atoms with Gasteiger partial charge in [-0.2, -0.15) is 0 Å². The van der Waals surface area contributed by atoms with E-state index in [-0.39, 0.29) is 5.78 Å². The second-order valence-electron chi connectivity index (χ2n) is 4.94. The smallest absolute Gasteiger partial charge is 0.159 e. The lowest BCUT2D eigenvalue weighted by molar-refractivity contribution is 0.101. The number of halogens is 1. The molecule has 98 valence electrons. The molecule has 1 heterocycles. The molecule has 1 aliphatic rings. The summed E-state index contributed by atoms with van der Waals surface area (Å²) >= 11 is 3.56. The Balaban J connectivity index is 2.03. The van der Waals surface area contributed by atoms with E-state index in [0.29, 0.717) is 0 Å². The van der Waals surface area contributed by atoms with E-state index in [0.717, 1.165) is 42.8 Å². The number of ketones is 1. The Hall–Kier alpha value is -0.710. The van der Waals surface area contributed by atoms with Crippen LogP contribution in [0.3, 0.4) is 0 Å². The monoisotopic (exact) mass is 310 g/mol. The average Bonchev–Trinajstić information content (AvgIpc) is 2.34. The zero-order chi connectivity index (χ0) is 13.1. The van der Waals surface area contributed by atoms with Crippen LogP contribution in [0.1, 0.15) is 22.8 Å². The quantitative estimate of drug-likeness (QED) is 0.801. The van der Waals surface area contributed by atoms with Crippen molar-refractivity contribution in [3.05, 3.63) is 33.8 Å². The summed E-state index contributed by atoms with van der Waals surface area (Å²) in [7, 11) is 2.16. The van der Waals surface area contributed by atoms with Gasteiger partial charge in [0, 0.05) is 42.8 Å². The van der Waals surface area contributed by atoms with Crippen LogP contribution >= 0.6 is 15.9 Å². The van der Waals surface area contributed by atoms with E-state index in [1.54, 1.807) is 6.92 Å². The molecular weight excluding hydrogens is 292 g/mol. The number of Topliss-reactive ketones (excluding diaryl/α,β-unsaturated/α-hetero) is 1. The van der Waals surface area contributed by atoms with Crippen LogP contribution in [0.4, 0.5) is 0 Å². The predicted octanol–water partition coefficient (Wildman–Crippen LogP) is 2.40. The minimum Gasteiger partial charge on any atom is -0.304 e. The summed E-state index contributed by atoms with van der Waals surface area (Å²) < 4.78 is 1.04. The van der Waals surface area contributed by atoms with Gasteiger partial charge in [0.25, 0.3) is 0 Å². The number of rotatable bonds is 3. The largest absolute Gasteiger partial charge is 0.304 e. The Morgan fingerprint density at radius 2 is 1.94 bits per heavy atom. The summed E-state index contributed by atoms with van der Waals surface area (Å²) in [6.45, 7) is 7.02. The molecule has 0 aromatic heterocycles.